The summed E-state index contributed by atoms with van der Waals surface area (Å²) in [6, 6.07) is 38.6. The molecule has 0 aliphatic heterocycles. The molecule has 0 unspecified atom stereocenters. The lowest BCUT2D eigenvalue weighted by molar-refractivity contribution is 0.662. The van der Waals surface area contributed by atoms with Gasteiger partial charge in [0.15, 0.2) is 0 Å². The van der Waals surface area contributed by atoms with Gasteiger partial charge >= 0.3 is 0 Å². The van der Waals surface area contributed by atoms with Crippen molar-refractivity contribution in [1.29, 1.82) is 0 Å². The SMILES string of the molecule is CC1(C)c2ccccc2-c2cccc(Nc3ccc(-c4cccc5oc6ccccc6c45)cc3)c21. The summed E-state index contributed by atoms with van der Waals surface area (Å²) in [5.41, 5.74) is 11.8. The Kier molecular flexibility index (Phi) is 4.22. The molecule has 0 saturated carbocycles. The molecular weight excluding hydrogens is 426 g/mol. The minimum atomic E-state index is -0.0482. The molecule has 2 nitrogen and oxygen atoms in total. The molecule has 7 rings (SSSR count). The van der Waals surface area contributed by atoms with Gasteiger partial charge in [-0.3, -0.25) is 0 Å². The molecule has 1 aliphatic carbocycles. The number of benzene rings is 5. The van der Waals surface area contributed by atoms with Crippen molar-refractivity contribution in [1.82, 2.24) is 0 Å². The summed E-state index contributed by atoms with van der Waals surface area (Å²) in [4.78, 5) is 0. The predicted molar refractivity (Wildman–Crippen MR) is 146 cm³/mol. The number of furan rings is 1. The van der Waals surface area contributed by atoms with E-state index >= 15 is 0 Å². The van der Waals surface area contributed by atoms with Crippen LogP contribution in [-0.4, -0.2) is 0 Å². The Morgan fingerprint density at radius 2 is 1.29 bits per heavy atom. The van der Waals surface area contributed by atoms with Gasteiger partial charge in [0, 0.05) is 27.6 Å². The van der Waals surface area contributed by atoms with Gasteiger partial charge in [-0.2, -0.15) is 0 Å². The van der Waals surface area contributed by atoms with Crippen LogP contribution in [-0.2, 0) is 5.41 Å². The summed E-state index contributed by atoms with van der Waals surface area (Å²) in [6.45, 7) is 4.64. The van der Waals surface area contributed by atoms with Crippen molar-refractivity contribution in [3.05, 3.63) is 120 Å². The fourth-order valence-electron chi connectivity index (χ4n) is 5.86. The number of para-hydroxylation sites is 1. The monoisotopic (exact) mass is 451 g/mol. The molecule has 0 radical (unpaired) electrons. The molecule has 35 heavy (non-hydrogen) atoms. The van der Waals surface area contributed by atoms with Crippen LogP contribution in [0.25, 0.3) is 44.2 Å². The highest BCUT2D eigenvalue weighted by molar-refractivity contribution is 6.12. The van der Waals surface area contributed by atoms with E-state index in [1.54, 1.807) is 0 Å². The molecule has 0 saturated heterocycles. The zero-order valence-electron chi connectivity index (χ0n) is 19.8. The van der Waals surface area contributed by atoms with Crippen LogP contribution in [0.2, 0.25) is 0 Å². The van der Waals surface area contributed by atoms with Gasteiger partial charge < -0.3 is 9.73 Å². The molecule has 0 fully saturated rings. The smallest absolute Gasteiger partial charge is 0.136 e. The molecule has 0 spiro atoms. The first-order valence-corrected chi connectivity index (χ1v) is 12.1. The van der Waals surface area contributed by atoms with E-state index in [0.717, 1.165) is 22.2 Å². The third-order valence-electron chi connectivity index (χ3n) is 7.46. The Balaban J connectivity index is 1.27. The largest absolute Gasteiger partial charge is 0.456 e. The number of rotatable bonds is 3. The van der Waals surface area contributed by atoms with Crippen molar-refractivity contribution in [3.63, 3.8) is 0 Å². The first-order chi connectivity index (χ1) is 17.1. The van der Waals surface area contributed by atoms with E-state index in [-0.39, 0.29) is 5.41 Å². The molecule has 0 bridgehead atoms. The highest BCUT2D eigenvalue weighted by Crippen LogP contribution is 2.51. The molecule has 5 aromatic carbocycles. The third kappa shape index (κ3) is 2.96. The molecule has 0 amide bonds. The van der Waals surface area contributed by atoms with E-state index in [9.17, 15) is 0 Å². The molecule has 2 heteroatoms. The maximum atomic E-state index is 6.09. The van der Waals surface area contributed by atoms with Gasteiger partial charge in [0.2, 0.25) is 0 Å². The minimum absolute atomic E-state index is 0.0482. The van der Waals surface area contributed by atoms with Crippen LogP contribution in [0.1, 0.15) is 25.0 Å². The third-order valence-corrected chi connectivity index (χ3v) is 7.46. The molecule has 6 aromatic rings. The highest BCUT2D eigenvalue weighted by atomic mass is 16.3. The normalized spacial score (nSPS) is 13.7. The van der Waals surface area contributed by atoms with Crippen molar-refractivity contribution < 1.29 is 4.42 Å². The fraction of sp³-hybridized carbons (Fsp3) is 0.0909. The summed E-state index contributed by atoms with van der Waals surface area (Å²) < 4.78 is 6.09. The number of anilines is 2. The number of fused-ring (bicyclic) bond motifs is 6. The highest BCUT2D eigenvalue weighted by Gasteiger charge is 2.37. The van der Waals surface area contributed by atoms with Gasteiger partial charge in [-0.25, -0.2) is 0 Å². The lowest BCUT2D eigenvalue weighted by atomic mass is 9.81. The molecule has 0 atom stereocenters. The van der Waals surface area contributed by atoms with Crippen LogP contribution in [0, 0.1) is 0 Å². The summed E-state index contributed by atoms with van der Waals surface area (Å²) in [5, 5.41) is 6.04. The second kappa shape index (κ2) is 7.35. The maximum Gasteiger partial charge on any atom is 0.136 e. The zero-order valence-corrected chi connectivity index (χ0v) is 19.8. The van der Waals surface area contributed by atoms with Gasteiger partial charge in [-0.15, -0.1) is 0 Å². The Bertz CT molecular complexity index is 1740. The lowest BCUT2D eigenvalue weighted by Gasteiger charge is -2.24. The predicted octanol–water partition coefficient (Wildman–Crippen LogP) is 9.30. The number of hydrogen-bond donors (Lipinski definition) is 1. The van der Waals surface area contributed by atoms with Gasteiger partial charge in [0.05, 0.1) is 0 Å². The van der Waals surface area contributed by atoms with Crippen LogP contribution < -0.4 is 5.32 Å². The molecule has 1 aromatic heterocycles. The number of nitrogens with one attached hydrogen (secondary N) is 1. The van der Waals surface area contributed by atoms with E-state index in [1.165, 1.54) is 44.5 Å². The summed E-state index contributed by atoms with van der Waals surface area (Å²) in [6.07, 6.45) is 0. The van der Waals surface area contributed by atoms with Crippen molar-refractivity contribution in [2.75, 3.05) is 5.32 Å². The first-order valence-electron chi connectivity index (χ1n) is 12.1. The molecule has 1 N–H and O–H groups in total. The van der Waals surface area contributed by atoms with Gasteiger partial charge in [0.25, 0.3) is 0 Å². The summed E-state index contributed by atoms with van der Waals surface area (Å²) >= 11 is 0. The number of hydrogen-bond acceptors (Lipinski definition) is 2. The fourth-order valence-corrected chi connectivity index (χ4v) is 5.86. The van der Waals surface area contributed by atoms with Crippen molar-refractivity contribution in [3.8, 4) is 22.3 Å². The van der Waals surface area contributed by atoms with Gasteiger partial charge in [-0.1, -0.05) is 92.7 Å². The Morgan fingerprint density at radius 1 is 0.600 bits per heavy atom. The first kappa shape index (κ1) is 20.1. The van der Waals surface area contributed by atoms with Crippen LogP contribution in [0.15, 0.2) is 114 Å². The van der Waals surface area contributed by atoms with Crippen molar-refractivity contribution >= 4 is 33.3 Å². The summed E-state index contributed by atoms with van der Waals surface area (Å²) in [5.74, 6) is 0. The van der Waals surface area contributed by atoms with E-state index in [2.05, 4.69) is 110 Å². The van der Waals surface area contributed by atoms with E-state index in [1.807, 2.05) is 18.2 Å². The average Bonchev–Trinajstić information content (AvgIpc) is 3.38. The van der Waals surface area contributed by atoms with Crippen molar-refractivity contribution in [2.24, 2.45) is 0 Å². The van der Waals surface area contributed by atoms with E-state index in [4.69, 9.17) is 4.42 Å². The van der Waals surface area contributed by atoms with Crippen LogP contribution >= 0.6 is 0 Å². The van der Waals surface area contributed by atoms with E-state index < -0.39 is 0 Å². The molecule has 1 heterocycles. The molecule has 1 aliphatic rings. The van der Waals surface area contributed by atoms with Gasteiger partial charge in [-0.05, 0) is 63.7 Å². The average molecular weight is 452 g/mol. The second-order valence-electron chi connectivity index (χ2n) is 9.88. The van der Waals surface area contributed by atoms with Crippen LogP contribution in [0.4, 0.5) is 11.4 Å². The topological polar surface area (TPSA) is 25.2 Å². The quantitative estimate of drug-likeness (QED) is 0.290. The standard InChI is InChI=1S/C33H25NO/c1-33(2)27-13-5-3-9-24(27)25-12-7-14-28(32(25)33)34-22-19-17-21(18-20-22)23-11-8-16-30-31(23)26-10-4-6-15-29(26)35-30/h3-20,34H,1-2H3. The van der Waals surface area contributed by atoms with E-state index in [0.29, 0.717) is 0 Å². The van der Waals surface area contributed by atoms with Crippen molar-refractivity contribution in [2.45, 2.75) is 19.3 Å². The maximum absolute atomic E-state index is 6.09. The molecule has 168 valence electrons. The minimum Gasteiger partial charge on any atom is -0.456 e. The summed E-state index contributed by atoms with van der Waals surface area (Å²) in [7, 11) is 0. The van der Waals surface area contributed by atoms with Crippen LogP contribution in [0.5, 0.6) is 0 Å². The molecular formula is C33H25NO. The lowest BCUT2D eigenvalue weighted by Crippen LogP contribution is -2.16. The zero-order chi connectivity index (χ0) is 23.6. The van der Waals surface area contributed by atoms with Gasteiger partial charge in [0.1, 0.15) is 11.2 Å². The van der Waals surface area contributed by atoms with Crippen LogP contribution in [0.3, 0.4) is 0 Å². The second-order valence-corrected chi connectivity index (χ2v) is 9.88. The Hall–Kier alpha value is -4.30. The Morgan fingerprint density at radius 3 is 2.17 bits per heavy atom. The Labute approximate surface area is 204 Å².